The maximum Gasteiger partial charge on any atom is 0.191 e. The van der Waals surface area contributed by atoms with Crippen molar-refractivity contribution < 1.29 is 9.84 Å². The van der Waals surface area contributed by atoms with Crippen LogP contribution in [0.4, 0.5) is 0 Å². The van der Waals surface area contributed by atoms with Crippen molar-refractivity contribution in [3.63, 3.8) is 0 Å². The first-order chi connectivity index (χ1) is 12.9. The van der Waals surface area contributed by atoms with Gasteiger partial charge in [0.05, 0.1) is 25.9 Å². The molecule has 1 heterocycles. The van der Waals surface area contributed by atoms with E-state index in [1.54, 1.807) is 0 Å². The van der Waals surface area contributed by atoms with Crippen LogP contribution < -0.4 is 10.6 Å². The number of nitrogens with zero attached hydrogens (tertiary/aromatic N) is 1. The number of benzene rings is 1. The van der Waals surface area contributed by atoms with E-state index in [4.69, 9.17) is 4.74 Å². The monoisotopic (exact) mass is 373 g/mol. The highest BCUT2D eigenvalue weighted by Crippen LogP contribution is 2.24. The van der Waals surface area contributed by atoms with E-state index in [-0.39, 0.29) is 5.41 Å². The zero-order chi connectivity index (χ0) is 19.7. The van der Waals surface area contributed by atoms with E-state index in [0.717, 1.165) is 50.7 Å². The molecule has 3 N–H and O–H groups in total. The topological polar surface area (TPSA) is 65.9 Å². The Morgan fingerprint density at radius 3 is 2.56 bits per heavy atom. The molecule has 0 fully saturated rings. The quantitative estimate of drug-likeness (QED) is 0.390. The average molecular weight is 374 g/mol. The Morgan fingerprint density at radius 2 is 1.96 bits per heavy atom. The molecule has 1 aromatic carbocycles. The van der Waals surface area contributed by atoms with Crippen molar-refractivity contribution in [3.05, 3.63) is 47.0 Å². The molecule has 1 unspecified atom stereocenters. The molecule has 150 valence electrons. The van der Waals surface area contributed by atoms with Gasteiger partial charge in [-0.25, -0.2) is 0 Å². The third-order valence-corrected chi connectivity index (χ3v) is 4.72. The molecule has 0 aliphatic carbocycles. The molecule has 0 saturated heterocycles. The van der Waals surface area contributed by atoms with Gasteiger partial charge in [-0.15, -0.1) is 0 Å². The molecular formula is C22H35N3O2. The summed E-state index contributed by atoms with van der Waals surface area (Å²) in [5.74, 6) is 0.746. The Balaban J connectivity index is 1.87. The SMILES string of the molecule is CCNC(=NCC(O)c1ccc(C(C)(C)C)cc1)NCCC1=CCOCC1. The van der Waals surface area contributed by atoms with Crippen molar-refractivity contribution in [1.29, 1.82) is 0 Å². The molecule has 1 atom stereocenters. The van der Waals surface area contributed by atoms with Gasteiger partial charge in [0.25, 0.3) is 0 Å². The van der Waals surface area contributed by atoms with E-state index >= 15 is 0 Å². The molecule has 0 spiro atoms. The summed E-state index contributed by atoms with van der Waals surface area (Å²) in [6, 6.07) is 8.18. The van der Waals surface area contributed by atoms with Gasteiger partial charge in [-0.3, -0.25) is 4.99 Å². The van der Waals surface area contributed by atoms with Crippen LogP contribution in [-0.4, -0.2) is 43.9 Å². The number of aliphatic imine (C=N–C) groups is 1. The zero-order valence-electron chi connectivity index (χ0n) is 17.2. The highest BCUT2D eigenvalue weighted by atomic mass is 16.5. The van der Waals surface area contributed by atoms with Crippen molar-refractivity contribution in [3.8, 4) is 0 Å². The molecule has 5 heteroatoms. The number of hydrogen-bond acceptors (Lipinski definition) is 3. The van der Waals surface area contributed by atoms with Gasteiger partial charge >= 0.3 is 0 Å². The first-order valence-electron chi connectivity index (χ1n) is 9.96. The van der Waals surface area contributed by atoms with Crippen molar-refractivity contribution in [2.24, 2.45) is 4.99 Å². The lowest BCUT2D eigenvalue weighted by atomic mass is 9.86. The first-order valence-corrected chi connectivity index (χ1v) is 9.96. The Kier molecular flexibility index (Phi) is 8.32. The molecule has 1 aliphatic rings. The van der Waals surface area contributed by atoms with Crippen LogP contribution in [0, 0.1) is 0 Å². The highest BCUT2D eigenvalue weighted by molar-refractivity contribution is 5.79. The summed E-state index contributed by atoms with van der Waals surface area (Å²) in [5, 5.41) is 17.1. The summed E-state index contributed by atoms with van der Waals surface area (Å²) in [6.45, 7) is 12.1. The normalized spacial score (nSPS) is 16.6. The Labute approximate surface area is 163 Å². The van der Waals surface area contributed by atoms with E-state index < -0.39 is 6.10 Å². The number of nitrogens with one attached hydrogen (secondary N) is 2. The summed E-state index contributed by atoms with van der Waals surface area (Å²) < 4.78 is 5.34. The minimum atomic E-state index is -0.604. The summed E-state index contributed by atoms with van der Waals surface area (Å²) in [5.41, 5.74) is 3.71. The molecule has 2 rings (SSSR count). The molecular weight excluding hydrogens is 338 g/mol. The predicted molar refractivity (Wildman–Crippen MR) is 112 cm³/mol. The zero-order valence-corrected chi connectivity index (χ0v) is 17.2. The standard InChI is InChI=1S/C22H35N3O2/c1-5-23-21(24-13-10-17-11-14-27-15-12-17)25-16-20(26)18-6-8-19(9-7-18)22(2,3)4/h6-9,11,20,26H,5,10,12-16H2,1-4H3,(H2,23,24,25). The maximum absolute atomic E-state index is 10.5. The van der Waals surface area contributed by atoms with Crippen LogP contribution in [0.15, 0.2) is 40.9 Å². The second kappa shape index (κ2) is 10.5. The van der Waals surface area contributed by atoms with Gasteiger partial charge in [-0.2, -0.15) is 0 Å². The molecule has 0 aromatic heterocycles. The molecule has 1 aromatic rings. The van der Waals surface area contributed by atoms with Gasteiger partial charge in [0.1, 0.15) is 0 Å². The van der Waals surface area contributed by atoms with Crippen LogP contribution in [-0.2, 0) is 10.2 Å². The van der Waals surface area contributed by atoms with Crippen molar-refractivity contribution >= 4 is 5.96 Å². The van der Waals surface area contributed by atoms with E-state index in [1.807, 2.05) is 19.1 Å². The molecule has 0 amide bonds. The lowest BCUT2D eigenvalue weighted by Gasteiger charge is -2.20. The van der Waals surface area contributed by atoms with Gasteiger partial charge in [-0.05, 0) is 36.3 Å². The number of aliphatic hydroxyl groups excluding tert-OH is 1. The summed E-state index contributed by atoms with van der Waals surface area (Å²) in [7, 11) is 0. The van der Waals surface area contributed by atoms with E-state index in [2.05, 4.69) is 54.6 Å². The van der Waals surface area contributed by atoms with Crippen molar-refractivity contribution in [2.75, 3.05) is 32.8 Å². The van der Waals surface area contributed by atoms with Crippen molar-refractivity contribution in [1.82, 2.24) is 10.6 Å². The van der Waals surface area contributed by atoms with Crippen LogP contribution >= 0.6 is 0 Å². The molecule has 0 bridgehead atoms. The summed E-state index contributed by atoms with van der Waals surface area (Å²) >= 11 is 0. The molecule has 5 nitrogen and oxygen atoms in total. The second-order valence-corrected chi connectivity index (χ2v) is 7.97. The fourth-order valence-electron chi connectivity index (χ4n) is 2.96. The number of hydrogen-bond donors (Lipinski definition) is 3. The number of guanidine groups is 1. The van der Waals surface area contributed by atoms with Crippen molar-refractivity contribution in [2.45, 2.75) is 52.1 Å². The number of rotatable bonds is 7. The second-order valence-electron chi connectivity index (χ2n) is 7.97. The van der Waals surface area contributed by atoms with E-state index in [0.29, 0.717) is 6.54 Å². The largest absolute Gasteiger partial charge is 0.386 e. The summed E-state index contributed by atoms with van der Waals surface area (Å²) in [6.07, 6.45) is 3.57. The average Bonchev–Trinajstić information content (AvgIpc) is 2.66. The highest BCUT2D eigenvalue weighted by Gasteiger charge is 2.14. The van der Waals surface area contributed by atoms with Gasteiger partial charge in [0.2, 0.25) is 0 Å². The smallest absolute Gasteiger partial charge is 0.191 e. The van der Waals surface area contributed by atoms with Gasteiger partial charge in [0.15, 0.2) is 5.96 Å². The predicted octanol–water partition coefficient (Wildman–Crippen LogP) is 3.31. The Bertz CT molecular complexity index is 630. The third kappa shape index (κ3) is 7.35. The molecule has 0 saturated carbocycles. The van der Waals surface area contributed by atoms with Crippen LogP contribution in [0.1, 0.15) is 57.8 Å². The van der Waals surface area contributed by atoms with E-state index in [1.165, 1.54) is 11.1 Å². The summed E-state index contributed by atoms with van der Waals surface area (Å²) in [4.78, 5) is 4.54. The van der Waals surface area contributed by atoms with Crippen LogP contribution in [0.2, 0.25) is 0 Å². The number of aliphatic hydroxyl groups is 1. The molecule has 0 radical (unpaired) electrons. The van der Waals surface area contributed by atoms with Gasteiger partial charge < -0.3 is 20.5 Å². The maximum atomic E-state index is 10.5. The van der Waals surface area contributed by atoms with Crippen LogP contribution in [0.25, 0.3) is 0 Å². The lowest BCUT2D eigenvalue weighted by Crippen LogP contribution is -2.38. The minimum Gasteiger partial charge on any atom is -0.386 e. The first kappa shape index (κ1) is 21.5. The lowest BCUT2D eigenvalue weighted by molar-refractivity contribution is 0.153. The fourth-order valence-corrected chi connectivity index (χ4v) is 2.96. The fraction of sp³-hybridized carbons (Fsp3) is 0.591. The van der Waals surface area contributed by atoms with E-state index in [9.17, 15) is 5.11 Å². The Hall–Kier alpha value is -1.85. The minimum absolute atomic E-state index is 0.115. The third-order valence-electron chi connectivity index (χ3n) is 4.72. The van der Waals surface area contributed by atoms with Crippen LogP contribution in [0.5, 0.6) is 0 Å². The van der Waals surface area contributed by atoms with Gasteiger partial charge in [-0.1, -0.05) is 56.7 Å². The van der Waals surface area contributed by atoms with Gasteiger partial charge in [0, 0.05) is 13.1 Å². The molecule has 1 aliphatic heterocycles. The Morgan fingerprint density at radius 1 is 1.22 bits per heavy atom. The number of ether oxygens (including phenoxy) is 1. The van der Waals surface area contributed by atoms with Crippen LogP contribution in [0.3, 0.4) is 0 Å². The molecule has 27 heavy (non-hydrogen) atoms.